The molecule has 3 unspecified atom stereocenters. The number of hydrogen-bond donors (Lipinski definition) is 2. The van der Waals surface area contributed by atoms with Crippen molar-refractivity contribution in [2.45, 2.75) is 379 Å². The van der Waals surface area contributed by atoms with Crippen molar-refractivity contribution in [3.63, 3.8) is 0 Å². The van der Waals surface area contributed by atoms with E-state index in [9.17, 15) is 19.4 Å². The molecule has 0 saturated heterocycles. The number of nitrogens with zero attached hydrogens (tertiary/aromatic N) is 1. The third kappa shape index (κ3) is 69.5. The summed E-state index contributed by atoms with van der Waals surface area (Å²) >= 11 is 0. The number of likely N-dealkylation sites (N-methyl/N-ethyl adjacent to an activating group) is 1. The number of allylic oxidation sites excluding steroid dienone is 9. The van der Waals surface area contributed by atoms with Crippen LogP contribution in [0.1, 0.15) is 367 Å². The van der Waals surface area contributed by atoms with Gasteiger partial charge in [0.15, 0.2) is 0 Å². The number of carbonyl (C=O) groups is 1. The topological polar surface area (TPSA) is 108 Å². The van der Waals surface area contributed by atoms with Crippen molar-refractivity contribution in [1.82, 2.24) is 5.32 Å². The van der Waals surface area contributed by atoms with Gasteiger partial charge < -0.3 is 28.8 Å². The molecule has 0 aromatic heterocycles. The zero-order valence-corrected chi connectivity index (χ0v) is 58.2. The molecule has 0 aliphatic rings. The number of aliphatic hydroxyl groups excluding tert-OH is 1. The van der Waals surface area contributed by atoms with E-state index in [1.165, 1.54) is 295 Å². The number of phosphoric acid groups is 1. The molecule has 2 N–H and O–H groups in total. The fraction of sp³-hybridized carbons (Fsp3) is 0.855. The van der Waals surface area contributed by atoms with Crippen LogP contribution in [-0.2, 0) is 18.4 Å². The van der Waals surface area contributed by atoms with Gasteiger partial charge in [-0.25, -0.2) is 0 Å². The van der Waals surface area contributed by atoms with Crippen LogP contribution < -0.4 is 10.2 Å². The number of carbonyl (C=O) groups excluding carboxylic acids is 1. The van der Waals surface area contributed by atoms with E-state index >= 15 is 0 Å². The SMILES string of the molecule is CCCCCCC/C=C\C/C=C\C/C=C\CCCCCCCCCCCCCCCCCCC(=O)NC(COP(=O)([O-])OCC[N+](C)(C)C)C(O)/C=C/CC/C=C/CCCCCCCCCCCCCCCCCCCCCCCCCCCC. The normalized spacial score (nSPS) is 13.9. The largest absolute Gasteiger partial charge is 0.756 e. The van der Waals surface area contributed by atoms with Crippen molar-refractivity contribution in [3.8, 4) is 0 Å². The minimum Gasteiger partial charge on any atom is -0.756 e. The molecule has 3 atom stereocenters. The van der Waals surface area contributed by atoms with E-state index in [1.807, 2.05) is 27.2 Å². The lowest BCUT2D eigenvalue weighted by atomic mass is 10.0. The van der Waals surface area contributed by atoms with Gasteiger partial charge in [-0.3, -0.25) is 9.36 Å². The van der Waals surface area contributed by atoms with Crippen molar-refractivity contribution in [3.05, 3.63) is 60.8 Å². The summed E-state index contributed by atoms with van der Waals surface area (Å²) in [6, 6.07) is -0.907. The van der Waals surface area contributed by atoms with Crippen LogP contribution in [0.4, 0.5) is 0 Å². The third-order valence-electron chi connectivity index (χ3n) is 16.9. The van der Waals surface area contributed by atoms with Crippen molar-refractivity contribution >= 4 is 13.7 Å². The molecular formula is C76H145N2O6P. The van der Waals surface area contributed by atoms with E-state index in [4.69, 9.17) is 9.05 Å². The van der Waals surface area contributed by atoms with Gasteiger partial charge in [0.25, 0.3) is 7.82 Å². The van der Waals surface area contributed by atoms with Crippen LogP contribution in [0.15, 0.2) is 60.8 Å². The predicted octanol–water partition coefficient (Wildman–Crippen LogP) is 23.3. The lowest BCUT2D eigenvalue weighted by Crippen LogP contribution is -2.45. The fourth-order valence-corrected chi connectivity index (χ4v) is 11.9. The Balaban J connectivity index is 4.06. The second kappa shape index (κ2) is 66.6. The number of unbranched alkanes of at least 4 members (excludes halogenated alkanes) is 48. The van der Waals surface area contributed by atoms with E-state index in [1.54, 1.807) is 6.08 Å². The van der Waals surface area contributed by atoms with Crippen molar-refractivity contribution in [2.75, 3.05) is 40.9 Å². The van der Waals surface area contributed by atoms with E-state index in [0.717, 1.165) is 51.4 Å². The number of nitrogens with one attached hydrogen (secondary N) is 1. The molecule has 0 aliphatic carbocycles. The first kappa shape index (κ1) is 83.2. The number of phosphoric ester groups is 1. The molecule has 85 heavy (non-hydrogen) atoms. The molecule has 0 heterocycles. The Morgan fingerprint density at radius 2 is 0.694 bits per heavy atom. The molecule has 0 saturated carbocycles. The van der Waals surface area contributed by atoms with Crippen LogP contribution in [0.25, 0.3) is 0 Å². The number of aliphatic hydroxyl groups is 1. The molecule has 500 valence electrons. The van der Waals surface area contributed by atoms with Gasteiger partial charge in [-0.15, -0.1) is 0 Å². The average molecular weight is 1210 g/mol. The molecule has 0 rings (SSSR count). The lowest BCUT2D eigenvalue weighted by molar-refractivity contribution is -0.870. The van der Waals surface area contributed by atoms with Crippen molar-refractivity contribution in [2.24, 2.45) is 0 Å². The number of hydrogen-bond acceptors (Lipinski definition) is 6. The lowest BCUT2D eigenvalue weighted by Gasteiger charge is -2.29. The quantitative estimate of drug-likeness (QED) is 0.0272. The minimum absolute atomic E-state index is 0.00659. The highest BCUT2D eigenvalue weighted by molar-refractivity contribution is 7.45. The fourth-order valence-electron chi connectivity index (χ4n) is 11.2. The highest BCUT2D eigenvalue weighted by Crippen LogP contribution is 2.38. The Morgan fingerprint density at radius 1 is 0.412 bits per heavy atom. The van der Waals surface area contributed by atoms with Crippen LogP contribution in [0.5, 0.6) is 0 Å². The first-order chi connectivity index (χ1) is 41.5. The van der Waals surface area contributed by atoms with Gasteiger partial charge in [-0.2, -0.15) is 0 Å². The molecule has 0 aliphatic heterocycles. The average Bonchev–Trinajstić information content (AvgIpc) is 3.49. The second-order valence-corrected chi connectivity index (χ2v) is 28.1. The maximum absolute atomic E-state index is 13.0. The monoisotopic (exact) mass is 1210 g/mol. The van der Waals surface area contributed by atoms with Gasteiger partial charge in [-0.1, -0.05) is 351 Å². The molecule has 1 amide bonds. The van der Waals surface area contributed by atoms with Gasteiger partial charge in [0.2, 0.25) is 5.91 Å². The van der Waals surface area contributed by atoms with Gasteiger partial charge >= 0.3 is 0 Å². The highest BCUT2D eigenvalue weighted by atomic mass is 31.2. The summed E-state index contributed by atoms with van der Waals surface area (Å²) < 4.78 is 23.5. The van der Waals surface area contributed by atoms with Gasteiger partial charge in [0, 0.05) is 6.42 Å². The summed E-state index contributed by atoms with van der Waals surface area (Å²) in [4.78, 5) is 25.7. The summed E-state index contributed by atoms with van der Waals surface area (Å²) in [6.07, 6.45) is 92.2. The molecule has 8 nitrogen and oxygen atoms in total. The molecule has 0 spiro atoms. The Morgan fingerprint density at radius 3 is 1.04 bits per heavy atom. The zero-order chi connectivity index (χ0) is 61.9. The maximum Gasteiger partial charge on any atom is 0.268 e. The standard InChI is InChI=1S/C76H145N2O6P/c1-6-8-10-12-14-16-18-20-22-24-26-28-30-32-34-36-38-40-41-43-45-47-49-51-53-55-57-59-61-63-65-67-69-75(79)74(73-84-85(81,82)83-72-71-78(3,4)5)77-76(80)70-68-66-64-62-60-58-56-54-52-50-48-46-44-42-39-37-35-33-31-29-27-25-23-21-19-17-15-13-11-9-7-2/h19,21,25,27,31,33,59,61,67,69,74-75,79H,6-18,20,22-24,26,28-30,32,34-58,60,62-66,68,70-73H2,1-5H3,(H-,77,80,81,82)/b21-19-,27-25-,33-31-,61-59+,69-67+. The molecule has 0 fully saturated rings. The molecular weight excluding hydrogens is 1070 g/mol. The number of rotatable bonds is 69. The highest BCUT2D eigenvalue weighted by Gasteiger charge is 2.23. The molecule has 0 aromatic rings. The molecule has 0 bridgehead atoms. The van der Waals surface area contributed by atoms with Crippen LogP contribution >= 0.6 is 7.82 Å². The molecule has 0 aromatic carbocycles. The van der Waals surface area contributed by atoms with E-state index in [0.29, 0.717) is 17.4 Å². The molecule has 9 heteroatoms. The summed E-state index contributed by atoms with van der Waals surface area (Å²) in [6.45, 7) is 4.67. The Labute approximate surface area is 530 Å². The molecule has 0 radical (unpaired) electrons. The third-order valence-corrected chi connectivity index (χ3v) is 17.9. The predicted molar refractivity (Wildman–Crippen MR) is 371 cm³/mol. The van der Waals surface area contributed by atoms with E-state index in [2.05, 4.69) is 67.8 Å². The number of amides is 1. The Bertz CT molecular complexity index is 1570. The smallest absolute Gasteiger partial charge is 0.268 e. The summed E-state index contributed by atoms with van der Waals surface area (Å²) in [5.41, 5.74) is 0. The van der Waals surface area contributed by atoms with E-state index < -0.39 is 26.6 Å². The van der Waals surface area contributed by atoms with Crippen LogP contribution in [0.3, 0.4) is 0 Å². The van der Waals surface area contributed by atoms with E-state index in [-0.39, 0.29) is 12.5 Å². The maximum atomic E-state index is 13.0. The number of quaternary nitrogens is 1. The summed E-state index contributed by atoms with van der Waals surface area (Å²) in [5, 5.41) is 14.0. The first-order valence-electron chi connectivity index (χ1n) is 37.2. The first-order valence-corrected chi connectivity index (χ1v) is 38.6. The van der Waals surface area contributed by atoms with Crippen molar-refractivity contribution in [1.29, 1.82) is 0 Å². The van der Waals surface area contributed by atoms with Gasteiger partial charge in [0.05, 0.1) is 39.9 Å². The minimum atomic E-state index is -4.62. The Kier molecular flexibility index (Phi) is 65.2. The van der Waals surface area contributed by atoms with Crippen LogP contribution in [0, 0.1) is 0 Å². The summed E-state index contributed by atoms with van der Waals surface area (Å²) in [7, 11) is 1.25. The zero-order valence-electron chi connectivity index (χ0n) is 57.3. The second-order valence-electron chi connectivity index (χ2n) is 26.6. The Hall–Kier alpha value is -1.80. The summed E-state index contributed by atoms with van der Waals surface area (Å²) in [5.74, 6) is -0.203. The van der Waals surface area contributed by atoms with Crippen LogP contribution in [0.2, 0.25) is 0 Å². The van der Waals surface area contributed by atoms with Gasteiger partial charge in [-0.05, 0) is 70.6 Å². The van der Waals surface area contributed by atoms with Gasteiger partial charge in [0.1, 0.15) is 13.2 Å². The van der Waals surface area contributed by atoms with Crippen molar-refractivity contribution < 1.29 is 32.9 Å². The van der Waals surface area contributed by atoms with Crippen LogP contribution in [-0.4, -0.2) is 68.5 Å².